The highest BCUT2D eigenvalue weighted by Gasteiger charge is 2.17. The Labute approximate surface area is 161 Å². The number of H-pyrrole nitrogens is 1. The van der Waals surface area contributed by atoms with Gasteiger partial charge < -0.3 is 15.0 Å². The van der Waals surface area contributed by atoms with Crippen LogP contribution in [0.15, 0.2) is 59.4 Å². The first-order valence-corrected chi connectivity index (χ1v) is 9.06. The number of rotatable bonds is 7. The molecule has 0 bridgehead atoms. The maximum Gasteiger partial charge on any atom is 0.306 e. The summed E-state index contributed by atoms with van der Waals surface area (Å²) in [6, 6.07) is 16.0. The minimum atomic E-state index is -0.897. The number of nitrogens with zero attached hydrogens (tertiary/aromatic N) is 1. The van der Waals surface area contributed by atoms with Gasteiger partial charge in [0.25, 0.3) is 11.5 Å². The molecule has 1 aromatic heterocycles. The predicted molar refractivity (Wildman–Crippen MR) is 106 cm³/mol. The number of fused-ring (bicyclic) bond motifs is 1. The van der Waals surface area contributed by atoms with Crippen LogP contribution in [0.5, 0.6) is 0 Å². The Morgan fingerprint density at radius 2 is 1.82 bits per heavy atom. The molecular formula is C21H21N3O4. The summed E-state index contributed by atoms with van der Waals surface area (Å²) >= 11 is 0. The number of benzene rings is 2. The van der Waals surface area contributed by atoms with Gasteiger partial charge in [0.2, 0.25) is 0 Å². The lowest BCUT2D eigenvalue weighted by Crippen LogP contribution is -2.29. The molecule has 0 aliphatic carbocycles. The van der Waals surface area contributed by atoms with Gasteiger partial charge in [-0.05, 0) is 37.6 Å². The highest BCUT2D eigenvalue weighted by molar-refractivity contribution is 5.95. The lowest BCUT2D eigenvalue weighted by atomic mass is 10.2. The van der Waals surface area contributed by atoms with Crippen LogP contribution in [0.2, 0.25) is 0 Å². The monoisotopic (exact) mass is 379 g/mol. The molecule has 1 unspecified atom stereocenters. The third-order valence-electron chi connectivity index (χ3n) is 4.18. The highest BCUT2D eigenvalue weighted by atomic mass is 16.5. The summed E-state index contributed by atoms with van der Waals surface area (Å²) in [7, 11) is 0. The standard InChI is InChI=1S/C21H21N3O4/c1-14(20(26)22-15-8-3-2-4-9-15)28-19(25)13-7-12-18-23-17-11-6-5-10-16(17)21(27)24-18/h2-6,8-11,14H,7,12-13H2,1H3,(H,22,26)(H,23,24,27). The van der Waals surface area contributed by atoms with Crippen LogP contribution in [0.4, 0.5) is 5.69 Å². The quantitative estimate of drug-likeness (QED) is 0.615. The molecule has 0 saturated carbocycles. The first-order chi connectivity index (χ1) is 13.5. The fourth-order valence-electron chi connectivity index (χ4n) is 2.73. The summed E-state index contributed by atoms with van der Waals surface area (Å²) < 4.78 is 5.17. The maximum absolute atomic E-state index is 12.1. The van der Waals surface area contributed by atoms with Crippen molar-refractivity contribution >= 4 is 28.5 Å². The van der Waals surface area contributed by atoms with Gasteiger partial charge in [-0.25, -0.2) is 4.98 Å². The van der Waals surface area contributed by atoms with Gasteiger partial charge in [-0.1, -0.05) is 30.3 Å². The molecule has 1 atom stereocenters. The summed E-state index contributed by atoms with van der Waals surface area (Å²) in [6.45, 7) is 1.53. The summed E-state index contributed by atoms with van der Waals surface area (Å²) in [6.07, 6.45) is 0.109. The van der Waals surface area contributed by atoms with Crippen molar-refractivity contribution in [1.82, 2.24) is 9.97 Å². The number of ether oxygens (including phenoxy) is 1. The van der Waals surface area contributed by atoms with E-state index in [1.807, 2.05) is 12.1 Å². The number of nitrogens with one attached hydrogen (secondary N) is 2. The van der Waals surface area contributed by atoms with E-state index in [9.17, 15) is 14.4 Å². The zero-order chi connectivity index (χ0) is 19.9. The highest BCUT2D eigenvalue weighted by Crippen LogP contribution is 2.09. The zero-order valence-electron chi connectivity index (χ0n) is 15.5. The average molecular weight is 379 g/mol. The van der Waals surface area contributed by atoms with Crippen LogP contribution < -0.4 is 10.9 Å². The number of aryl methyl sites for hydroxylation is 1. The van der Waals surface area contributed by atoms with Gasteiger partial charge in [0.05, 0.1) is 10.9 Å². The molecule has 2 N–H and O–H groups in total. The number of para-hydroxylation sites is 2. The number of esters is 1. The van der Waals surface area contributed by atoms with E-state index in [0.29, 0.717) is 35.3 Å². The second-order valence-corrected chi connectivity index (χ2v) is 6.37. The van der Waals surface area contributed by atoms with Crippen LogP contribution in [0.1, 0.15) is 25.6 Å². The van der Waals surface area contributed by atoms with Gasteiger partial charge in [-0.2, -0.15) is 0 Å². The molecule has 28 heavy (non-hydrogen) atoms. The number of aromatic amines is 1. The Morgan fingerprint density at radius 3 is 2.61 bits per heavy atom. The van der Waals surface area contributed by atoms with E-state index in [0.717, 1.165) is 0 Å². The molecule has 7 nitrogen and oxygen atoms in total. The van der Waals surface area contributed by atoms with Crippen LogP contribution in [0, 0.1) is 0 Å². The van der Waals surface area contributed by atoms with E-state index < -0.39 is 12.1 Å². The topological polar surface area (TPSA) is 101 Å². The number of amides is 1. The Morgan fingerprint density at radius 1 is 1.11 bits per heavy atom. The predicted octanol–water partition coefficient (Wildman–Crippen LogP) is 2.82. The second kappa shape index (κ2) is 8.94. The lowest BCUT2D eigenvalue weighted by Gasteiger charge is -2.13. The molecule has 0 aliphatic heterocycles. The summed E-state index contributed by atoms with van der Waals surface area (Å²) in [5.74, 6) is -0.342. The van der Waals surface area contributed by atoms with Crippen LogP contribution in [0.25, 0.3) is 10.9 Å². The molecule has 144 valence electrons. The van der Waals surface area contributed by atoms with Crippen LogP contribution >= 0.6 is 0 Å². The van der Waals surface area contributed by atoms with Crippen LogP contribution in [0.3, 0.4) is 0 Å². The SMILES string of the molecule is CC(OC(=O)CCCc1nc2ccccc2c(=O)[nH]1)C(=O)Nc1ccccc1. The van der Waals surface area contributed by atoms with Crippen molar-refractivity contribution in [3.63, 3.8) is 0 Å². The first kappa shape index (κ1) is 19.3. The van der Waals surface area contributed by atoms with E-state index in [-0.39, 0.29) is 17.9 Å². The van der Waals surface area contributed by atoms with E-state index in [4.69, 9.17) is 4.74 Å². The van der Waals surface area contributed by atoms with Crippen molar-refractivity contribution < 1.29 is 14.3 Å². The summed E-state index contributed by atoms with van der Waals surface area (Å²) in [5, 5.41) is 3.22. The average Bonchev–Trinajstić information content (AvgIpc) is 2.69. The van der Waals surface area contributed by atoms with Gasteiger partial charge in [0.15, 0.2) is 6.10 Å². The zero-order valence-corrected chi connectivity index (χ0v) is 15.5. The van der Waals surface area contributed by atoms with E-state index in [1.54, 1.807) is 42.5 Å². The van der Waals surface area contributed by atoms with Crippen molar-refractivity contribution in [2.45, 2.75) is 32.3 Å². The third kappa shape index (κ3) is 5.03. The lowest BCUT2D eigenvalue weighted by molar-refractivity contribution is -0.153. The molecule has 0 fully saturated rings. The molecule has 1 heterocycles. The molecule has 3 aromatic rings. The number of anilines is 1. The Bertz CT molecular complexity index is 1030. The third-order valence-corrected chi connectivity index (χ3v) is 4.18. The van der Waals surface area contributed by atoms with E-state index >= 15 is 0 Å². The molecule has 0 spiro atoms. The largest absolute Gasteiger partial charge is 0.453 e. The van der Waals surface area contributed by atoms with Crippen LogP contribution in [-0.2, 0) is 20.7 Å². The number of carbonyl (C=O) groups excluding carboxylic acids is 2. The van der Waals surface area contributed by atoms with Gasteiger partial charge in [-0.15, -0.1) is 0 Å². The number of aromatic nitrogens is 2. The smallest absolute Gasteiger partial charge is 0.306 e. The fourth-order valence-corrected chi connectivity index (χ4v) is 2.73. The van der Waals surface area contributed by atoms with Crippen molar-refractivity contribution in [2.75, 3.05) is 5.32 Å². The van der Waals surface area contributed by atoms with Gasteiger partial charge in [0, 0.05) is 18.5 Å². The van der Waals surface area contributed by atoms with Crippen LogP contribution in [-0.4, -0.2) is 27.9 Å². The van der Waals surface area contributed by atoms with E-state index in [1.165, 1.54) is 6.92 Å². The van der Waals surface area contributed by atoms with E-state index in [2.05, 4.69) is 15.3 Å². The maximum atomic E-state index is 12.1. The van der Waals surface area contributed by atoms with Crippen molar-refractivity contribution in [1.29, 1.82) is 0 Å². The van der Waals surface area contributed by atoms with Crippen molar-refractivity contribution in [3.8, 4) is 0 Å². The molecule has 0 saturated heterocycles. The molecule has 2 aromatic carbocycles. The molecule has 1 amide bonds. The number of hydrogen-bond donors (Lipinski definition) is 2. The normalized spacial score (nSPS) is 11.8. The summed E-state index contributed by atoms with van der Waals surface area (Å²) in [4.78, 5) is 43.2. The van der Waals surface area contributed by atoms with Gasteiger partial charge >= 0.3 is 5.97 Å². The Hall–Kier alpha value is -3.48. The molecule has 7 heteroatoms. The Kier molecular flexibility index (Phi) is 6.16. The van der Waals surface area contributed by atoms with Gasteiger partial charge in [-0.3, -0.25) is 14.4 Å². The number of carbonyl (C=O) groups is 2. The minimum absolute atomic E-state index is 0.124. The molecular weight excluding hydrogens is 358 g/mol. The Balaban J connectivity index is 1.48. The summed E-state index contributed by atoms with van der Waals surface area (Å²) in [5.41, 5.74) is 1.06. The molecule has 3 rings (SSSR count). The van der Waals surface area contributed by atoms with Gasteiger partial charge in [0.1, 0.15) is 5.82 Å². The fraction of sp³-hybridized carbons (Fsp3) is 0.238. The first-order valence-electron chi connectivity index (χ1n) is 9.06. The molecule has 0 radical (unpaired) electrons. The second-order valence-electron chi connectivity index (χ2n) is 6.37. The van der Waals surface area contributed by atoms with Crippen molar-refractivity contribution in [3.05, 3.63) is 70.8 Å². The van der Waals surface area contributed by atoms with Crippen molar-refractivity contribution in [2.24, 2.45) is 0 Å². The number of hydrogen-bond acceptors (Lipinski definition) is 5. The minimum Gasteiger partial charge on any atom is -0.453 e. The molecule has 0 aliphatic rings.